The SMILES string of the molecule is C[NH+]1CCC[NH+](Cc2nc(-c3cccc(C(F)(F)F)c3)no2)CC1. The predicted octanol–water partition coefficient (Wildman–Crippen LogP) is 0.0587. The summed E-state index contributed by atoms with van der Waals surface area (Å²) in [5, 5.41) is 3.84. The smallest absolute Gasteiger partial charge is 0.333 e. The van der Waals surface area contributed by atoms with Crippen LogP contribution in [0.5, 0.6) is 0 Å². The van der Waals surface area contributed by atoms with Crippen LogP contribution in [0.3, 0.4) is 0 Å². The van der Waals surface area contributed by atoms with Crippen molar-refractivity contribution in [1.29, 1.82) is 0 Å². The van der Waals surface area contributed by atoms with Crippen LogP contribution in [0.1, 0.15) is 17.9 Å². The zero-order valence-corrected chi connectivity index (χ0v) is 13.5. The molecule has 1 saturated heterocycles. The number of rotatable bonds is 3. The van der Waals surface area contributed by atoms with E-state index in [9.17, 15) is 13.2 Å². The minimum atomic E-state index is -4.38. The first-order chi connectivity index (χ1) is 11.4. The minimum absolute atomic E-state index is 0.202. The van der Waals surface area contributed by atoms with Crippen LogP contribution in [0, 0.1) is 0 Å². The Morgan fingerprint density at radius 1 is 1.17 bits per heavy atom. The largest absolute Gasteiger partial charge is 0.416 e. The van der Waals surface area contributed by atoms with E-state index in [2.05, 4.69) is 17.2 Å². The predicted molar refractivity (Wildman–Crippen MR) is 80.4 cm³/mol. The molecule has 1 aliphatic heterocycles. The molecule has 1 aromatic carbocycles. The van der Waals surface area contributed by atoms with Gasteiger partial charge in [-0.1, -0.05) is 17.3 Å². The van der Waals surface area contributed by atoms with E-state index in [1.54, 1.807) is 6.07 Å². The summed E-state index contributed by atoms with van der Waals surface area (Å²) in [5.41, 5.74) is -0.398. The van der Waals surface area contributed by atoms with Gasteiger partial charge in [0.2, 0.25) is 5.82 Å². The number of halogens is 3. The average Bonchev–Trinajstić information content (AvgIpc) is 2.90. The van der Waals surface area contributed by atoms with Crippen molar-refractivity contribution in [2.75, 3.05) is 33.2 Å². The van der Waals surface area contributed by atoms with Crippen molar-refractivity contribution >= 4 is 0 Å². The topological polar surface area (TPSA) is 47.8 Å². The van der Waals surface area contributed by atoms with Gasteiger partial charge in [-0.2, -0.15) is 18.2 Å². The van der Waals surface area contributed by atoms with Gasteiger partial charge in [-0.3, -0.25) is 0 Å². The molecule has 0 saturated carbocycles. The fourth-order valence-corrected chi connectivity index (χ4v) is 2.95. The number of nitrogens with one attached hydrogen (secondary N) is 2. The molecule has 24 heavy (non-hydrogen) atoms. The summed E-state index contributed by atoms with van der Waals surface area (Å²) in [4.78, 5) is 7.16. The molecule has 130 valence electrons. The van der Waals surface area contributed by atoms with E-state index in [0.29, 0.717) is 18.0 Å². The first kappa shape index (κ1) is 16.9. The molecule has 2 N–H and O–H groups in total. The van der Waals surface area contributed by atoms with Crippen LogP contribution < -0.4 is 9.80 Å². The molecule has 0 radical (unpaired) electrons. The lowest BCUT2D eigenvalue weighted by molar-refractivity contribution is -0.939. The number of hydrogen-bond donors (Lipinski definition) is 2. The molecule has 0 amide bonds. The molecular weight excluding hydrogens is 321 g/mol. The van der Waals surface area contributed by atoms with Gasteiger partial charge in [-0.05, 0) is 12.1 Å². The van der Waals surface area contributed by atoms with E-state index in [0.717, 1.165) is 44.7 Å². The molecule has 0 bridgehead atoms. The second-order valence-corrected chi connectivity index (χ2v) is 6.33. The van der Waals surface area contributed by atoms with E-state index >= 15 is 0 Å². The van der Waals surface area contributed by atoms with Gasteiger partial charge in [0.05, 0.1) is 25.7 Å². The van der Waals surface area contributed by atoms with Crippen LogP contribution in [0.4, 0.5) is 13.2 Å². The Balaban J connectivity index is 1.71. The highest BCUT2D eigenvalue weighted by Crippen LogP contribution is 2.31. The Morgan fingerprint density at radius 3 is 2.79 bits per heavy atom. The number of quaternary nitrogens is 2. The Kier molecular flexibility index (Phi) is 4.86. The van der Waals surface area contributed by atoms with Crippen LogP contribution in [-0.2, 0) is 12.7 Å². The van der Waals surface area contributed by atoms with Gasteiger partial charge in [0.25, 0.3) is 5.89 Å². The summed E-state index contributed by atoms with van der Waals surface area (Å²) < 4.78 is 43.6. The van der Waals surface area contributed by atoms with Gasteiger partial charge in [0, 0.05) is 12.0 Å². The number of likely N-dealkylation sites (N-methyl/N-ethyl adjacent to an activating group) is 1. The van der Waals surface area contributed by atoms with Gasteiger partial charge >= 0.3 is 6.18 Å². The van der Waals surface area contributed by atoms with Gasteiger partial charge in [0.1, 0.15) is 13.1 Å². The van der Waals surface area contributed by atoms with Gasteiger partial charge < -0.3 is 14.3 Å². The highest BCUT2D eigenvalue weighted by Gasteiger charge is 2.31. The molecule has 2 aromatic rings. The standard InChI is InChI=1S/C16H19F3N4O/c1-22-6-3-7-23(9-8-22)11-14-20-15(21-24-14)12-4-2-5-13(10-12)16(17,18)19/h2,4-5,10H,3,6-9,11H2,1H3/p+2. The maximum Gasteiger partial charge on any atom is 0.416 e. The molecule has 2 atom stereocenters. The fraction of sp³-hybridized carbons (Fsp3) is 0.500. The van der Waals surface area contributed by atoms with E-state index in [1.165, 1.54) is 15.9 Å². The molecule has 2 heterocycles. The van der Waals surface area contributed by atoms with Crippen molar-refractivity contribution in [2.45, 2.75) is 19.1 Å². The van der Waals surface area contributed by atoms with E-state index in [1.807, 2.05) is 0 Å². The third kappa shape index (κ3) is 4.12. The zero-order chi connectivity index (χ0) is 17.2. The number of alkyl halides is 3. The first-order valence-electron chi connectivity index (χ1n) is 8.07. The summed E-state index contributed by atoms with van der Waals surface area (Å²) >= 11 is 0. The van der Waals surface area contributed by atoms with Crippen molar-refractivity contribution in [2.24, 2.45) is 0 Å². The second kappa shape index (κ2) is 6.90. The second-order valence-electron chi connectivity index (χ2n) is 6.33. The van der Waals surface area contributed by atoms with Crippen molar-refractivity contribution in [1.82, 2.24) is 10.1 Å². The summed E-state index contributed by atoms with van der Waals surface area (Å²) in [5.74, 6) is 0.671. The van der Waals surface area contributed by atoms with Crippen LogP contribution >= 0.6 is 0 Å². The molecule has 8 heteroatoms. The van der Waals surface area contributed by atoms with Gasteiger partial charge in [-0.15, -0.1) is 0 Å². The van der Waals surface area contributed by atoms with Crippen molar-refractivity contribution in [3.8, 4) is 11.4 Å². The Labute approximate surface area is 138 Å². The molecule has 5 nitrogen and oxygen atoms in total. The van der Waals surface area contributed by atoms with Crippen molar-refractivity contribution in [3.05, 3.63) is 35.7 Å². The molecule has 1 aliphatic rings. The lowest BCUT2D eigenvalue weighted by Crippen LogP contribution is -3.15. The fourth-order valence-electron chi connectivity index (χ4n) is 2.95. The van der Waals surface area contributed by atoms with Crippen LogP contribution in [0.15, 0.2) is 28.8 Å². The number of hydrogen-bond acceptors (Lipinski definition) is 3. The monoisotopic (exact) mass is 342 g/mol. The lowest BCUT2D eigenvalue weighted by atomic mass is 10.1. The quantitative estimate of drug-likeness (QED) is 0.829. The number of benzene rings is 1. The highest BCUT2D eigenvalue weighted by atomic mass is 19.4. The Hall–Kier alpha value is -1.93. The molecule has 2 unspecified atom stereocenters. The molecule has 0 spiro atoms. The van der Waals surface area contributed by atoms with E-state index < -0.39 is 11.7 Å². The van der Waals surface area contributed by atoms with Gasteiger partial charge in [0.15, 0.2) is 6.54 Å². The van der Waals surface area contributed by atoms with E-state index in [4.69, 9.17) is 4.52 Å². The van der Waals surface area contributed by atoms with Crippen LogP contribution in [0.25, 0.3) is 11.4 Å². The molecule has 1 aromatic heterocycles. The van der Waals surface area contributed by atoms with Crippen molar-refractivity contribution in [3.63, 3.8) is 0 Å². The van der Waals surface area contributed by atoms with Gasteiger partial charge in [-0.25, -0.2) is 0 Å². The van der Waals surface area contributed by atoms with E-state index in [-0.39, 0.29) is 5.82 Å². The molecule has 3 rings (SSSR count). The number of nitrogens with zero attached hydrogens (tertiary/aromatic N) is 2. The third-order valence-electron chi connectivity index (χ3n) is 4.36. The Morgan fingerprint density at radius 2 is 2.00 bits per heavy atom. The summed E-state index contributed by atoms with van der Waals surface area (Å²) in [7, 11) is 2.18. The zero-order valence-electron chi connectivity index (χ0n) is 13.5. The molecular formula is C16H21F3N4O+2. The normalized spacial score (nSPS) is 22.3. The summed E-state index contributed by atoms with van der Waals surface area (Å²) in [6.07, 6.45) is -3.25. The lowest BCUT2D eigenvalue weighted by Gasteiger charge is -2.13. The van der Waals surface area contributed by atoms with Crippen LogP contribution in [0.2, 0.25) is 0 Å². The summed E-state index contributed by atoms with van der Waals surface area (Å²) in [6.45, 7) is 4.91. The minimum Gasteiger partial charge on any atom is -0.333 e. The number of aromatic nitrogens is 2. The highest BCUT2D eigenvalue weighted by molar-refractivity contribution is 5.55. The third-order valence-corrected chi connectivity index (χ3v) is 4.36. The molecule has 0 aliphatic carbocycles. The van der Waals surface area contributed by atoms with Crippen molar-refractivity contribution < 1.29 is 27.5 Å². The van der Waals surface area contributed by atoms with Crippen LogP contribution in [-0.4, -0.2) is 43.4 Å². The molecule has 1 fully saturated rings. The maximum atomic E-state index is 12.8. The Bertz CT molecular complexity index is 686. The maximum absolute atomic E-state index is 12.8. The summed E-state index contributed by atoms with van der Waals surface area (Å²) in [6, 6.07) is 4.99. The first-order valence-corrected chi connectivity index (χ1v) is 8.07. The average molecular weight is 342 g/mol.